The summed E-state index contributed by atoms with van der Waals surface area (Å²) in [7, 11) is 0. The van der Waals surface area contributed by atoms with Crippen LogP contribution in [0, 0.1) is 0 Å². The van der Waals surface area contributed by atoms with Crippen molar-refractivity contribution < 1.29 is 23.4 Å². The van der Waals surface area contributed by atoms with Crippen molar-refractivity contribution in [1.82, 2.24) is 4.57 Å². The van der Waals surface area contributed by atoms with E-state index in [-0.39, 0.29) is 13.4 Å². The van der Waals surface area contributed by atoms with Gasteiger partial charge in [-0.15, -0.1) is 0 Å². The second-order valence-corrected chi connectivity index (χ2v) is 21.3. The molecule has 370 valence electrons. The minimum absolute atomic E-state index is 0.0183. The van der Waals surface area contributed by atoms with Gasteiger partial charge in [-0.1, -0.05) is 176 Å². The van der Waals surface area contributed by atoms with E-state index in [2.05, 4.69) is 229 Å². The topological polar surface area (TPSA) is 55.0 Å². The highest BCUT2D eigenvalue weighted by molar-refractivity contribution is 6.99. The SMILES string of the molecule is c1ccc(-n2c3ccccc3c3cc(-c4ccccc4-c4cc5c6c(c4)Oc4ccccc4B6c4ccccc4O5)c4oc5c(-c6ccccc6-c6cc7c8c(c6)Oc6ccccc6B8c6ccccc6O7)cccc5c4c32)cc1. The van der Waals surface area contributed by atoms with Crippen LogP contribution >= 0.6 is 0 Å². The van der Waals surface area contributed by atoms with Crippen molar-refractivity contribution in [3.8, 4) is 96.2 Å². The van der Waals surface area contributed by atoms with Gasteiger partial charge in [0.2, 0.25) is 0 Å². The predicted octanol–water partition coefficient (Wildman–Crippen LogP) is 14.8. The van der Waals surface area contributed by atoms with Crippen LogP contribution < -0.4 is 51.7 Å². The fourth-order valence-corrected chi connectivity index (χ4v) is 13.7. The maximum atomic E-state index is 7.66. The van der Waals surface area contributed by atoms with Crippen molar-refractivity contribution in [2.24, 2.45) is 0 Å². The second-order valence-electron chi connectivity index (χ2n) is 21.3. The summed E-state index contributed by atoms with van der Waals surface area (Å²) in [5.41, 5.74) is 19.5. The van der Waals surface area contributed by atoms with Crippen LogP contribution in [0.25, 0.3) is 93.9 Å². The van der Waals surface area contributed by atoms with E-state index >= 15 is 0 Å². The number of benzene rings is 12. The number of rotatable bonds is 5. The van der Waals surface area contributed by atoms with E-state index in [1.54, 1.807) is 0 Å². The largest absolute Gasteiger partial charge is 0.458 e. The van der Waals surface area contributed by atoms with Gasteiger partial charge in [-0.25, -0.2) is 0 Å². The molecular formula is C72H41B2NO5. The third-order valence-corrected chi connectivity index (χ3v) is 17.1. The lowest BCUT2D eigenvalue weighted by Crippen LogP contribution is -2.57. The lowest BCUT2D eigenvalue weighted by Gasteiger charge is -2.33. The van der Waals surface area contributed by atoms with Crippen LogP contribution in [0.1, 0.15) is 0 Å². The molecule has 2 aromatic heterocycles. The summed E-state index contributed by atoms with van der Waals surface area (Å²) in [5.74, 6) is 6.59. The van der Waals surface area contributed by atoms with E-state index in [0.717, 1.165) is 173 Å². The van der Waals surface area contributed by atoms with Crippen LogP contribution in [0.3, 0.4) is 0 Å². The van der Waals surface area contributed by atoms with E-state index in [9.17, 15) is 0 Å². The van der Waals surface area contributed by atoms with Gasteiger partial charge in [0, 0.05) is 43.9 Å². The van der Waals surface area contributed by atoms with Gasteiger partial charge < -0.3 is 27.9 Å². The standard InChI is InChI=1S/C72H41B2NO5/c1-2-19-44(20-3-1)75-58-32-13-8-25-49(58)52-41-53(48-24-7-5-22-46(48)43-39-65-69-66(40-43)79-62-36-17-12-31-57(62)74(69)56-30-11-16-35-61(56)78-65)72-67(70(52)75)51-27-18-26-50(71(51)80-72)47-23-6-4-21-45(47)42-37-63-68-64(38-42)77-60-34-15-10-29-55(60)73(68)54-28-9-14-33-59(54)76-63/h1-41H. The predicted molar refractivity (Wildman–Crippen MR) is 325 cm³/mol. The average molecular weight is 1020 g/mol. The molecule has 0 fully saturated rings. The molecule has 80 heavy (non-hydrogen) atoms. The molecule has 0 amide bonds. The maximum absolute atomic E-state index is 7.66. The Bertz CT molecular complexity index is 4860. The Morgan fingerprint density at radius 2 is 0.700 bits per heavy atom. The summed E-state index contributed by atoms with van der Waals surface area (Å²) in [6, 6.07) is 88.0. The number of para-hydroxylation sites is 7. The molecule has 0 saturated heterocycles. The van der Waals surface area contributed by atoms with Gasteiger partial charge >= 0.3 is 0 Å². The van der Waals surface area contributed by atoms with Crippen molar-refractivity contribution in [2.45, 2.75) is 0 Å². The Labute approximate surface area is 460 Å². The molecule has 6 nitrogen and oxygen atoms in total. The molecule has 8 heteroatoms. The molecule has 0 unspecified atom stereocenters. The third kappa shape index (κ3) is 6.15. The number of hydrogen-bond acceptors (Lipinski definition) is 5. The molecule has 0 atom stereocenters. The van der Waals surface area contributed by atoms with Crippen LogP contribution in [-0.4, -0.2) is 18.0 Å². The highest BCUT2D eigenvalue weighted by atomic mass is 16.5. The fourth-order valence-electron chi connectivity index (χ4n) is 13.7. The highest BCUT2D eigenvalue weighted by Crippen LogP contribution is 2.51. The minimum Gasteiger partial charge on any atom is -0.458 e. The second kappa shape index (κ2) is 16.5. The van der Waals surface area contributed by atoms with E-state index in [4.69, 9.17) is 23.4 Å². The molecular weight excluding hydrogens is 980 g/mol. The Morgan fingerprint density at radius 1 is 0.287 bits per heavy atom. The average Bonchev–Trinajstić information content (AvgIpc) is 4.27. The Kier molecular flexibility index (Phi) is 9.03. The van der Waals surface area contributed by atoms with Crippen LogP contribution in [0.2, 0.25) is 0 Å². The number of fused-ring (bicyclic) bond motifs is 15. The number of ether oxygens (including phenoxy) is 4. The summed E-state index contributed by atoms with van der Waals surface area (Å²) >= 11 is 0. The summed E-state index contributed by atoms with van der Waals surface area (Å²) in [4.78, 5) is 0. The van der Waals surface area contributed by atoms with Gasteiger partial charge in [-0.3, -0.25) is 0 Å². The molecule has 6 heterocycles. The van der Waals surface area contributed by atoms with Crippen molar-refractivity contribution in [1.29, 1.82) is 0 Å². The van der Waals surface area contributed by atoms with E-state index in [1.807, 2.05) is 24.3 Å². The maximum Gasteiger partial charge on any atom is 0.260 e. The molecule has 0 bridgehead atoms. The Balaban J connectivity index is 0.877. The van der Waals surface area contributed by atoms with Crippen molar-refractivity contribution in [3.63, 3.8) is 0 Å². The van der Waals surface area contributed by atoms with E-state index in [1.165, 1.54) is 0 Å². The molecule has 0 aliphatic carbocycles. The van der Waals surface area contributed by atoms with E-state index < -0.39 is 0 Å². The Morgan fingerprint density at radius 3 is 1.23 bits per heavy atom. The quantitative estimate of drug-likeness (QED) is 0.161. The third-order valence-electron chi connectivity index (χ3n) is 17.1. The summed E-state index contributed by atoms with van der Waals surface area (Å²) in [5, 5.41) is 4.33. The molecule has 12 aromatic carbocycles. The fraction of sp³-hybridized carbons (Fsp3) is 0. The van der Waals surface area contributed by atoms with Gasteiger partial charge in [-0.05, 0) is 128 Å². The van der Waals surface area contributed by atoms with Crippen LogP contribution in [0.4, 0.5) is 0 Å². The number of nitrogens with zero attached hydrogens (tertiary/aromatic N) is 1. The van der Waals surface area contributed by atoms with Crippen LogP contribution in [-0.2, 0) is 0 Å². The molecule has 0 N–H and O–H groups in total. The first-order valence-electron chi connectivity index (χ1n) is 27.3. The zero-order valence-corrected chi connectivity index (χ0v) is 42.8. The van der Waals surface area contributed by atoms with Gasteiger partial charge in [0.25, 0.3) is 13.4 Å². The normalized spacial score (nSPS) is 13.1. The first-order valence-corrected chi connectivity index (χ1v) is 27.3. The van der Waals surface area contributed by atoms with Crippen molar-refractivity contribution >= 4 is 89.9 Å². The lowest BCUT2D eigenvalue weighted by atomic mass is 9.35. The molecule has 0 spiro atoms. The van der Waals surface area contributed by atoms with Crippen LogP contribution in [0.15, 0.2) is 253 Å². The van der Waals surface area contributed by atoms with Gasteiger partial charge in [0.15, 0.2) is 0 Å². The smallest absolute Gasteiger partial charge is 0.260 e. The summed E-state index contributed by atoms with van der Waals surface area (Å²) in [6.45, 7) is -0.0440. The van der Waals surface area contributed by atoms with Gasteiger partial charge in [0.1, 0.15) is 57.2 Å². The lowest BCUT2D eigenvalue weighted by molar-refractivity contribution is 0.464. The Hall–Kier alpha value is -10.4. The first-order chi connectivity index (χ1) is 39.7. The number of hydrogen-bond donors (Lipinski definition) is 0. The summed E-state index contributed by atoms with van der Waals surface area (Å²) < 4.78 is 37.5. The molecule has 4 aliphatic heterocycles. The van der Waals surface area contributed by atoms with Gasteiger partial charge in [-0.2, -0.15) is 0 Å². The zero-order valence-electron chi connectivity index (χ0n) is 42.8. The number of furan rings is 1. The van der Waals surface area contributed by atoms with Crippen LogP contribution in [0.5, 0.6) is 46.0 Å². The van der Waals surface area contributed by atoms with E-state index in [0.29, 0.717) is 0 Å². The molecule has 18 rings (SSSR count). The monoisotopic (exact) mass is 1020 g/mol. The molecule has 14 aromatic rings. The highest BCUT2D eigenvalue weighted by Gasteiger charge is 2.42. The van der Waals surface area contributed by atoms with Crippen molar-refractivity contribution in [3.05, 3.63) is 249 Å². The van der Waals surface area contributed by atoms with Crippen molar-refractivity contribution in [2.75, 3.05) is 0 Å². The minimum atomic E-state index is -0.0258. The number of aromatic nitrogens is 1. The molecule has 0 radical (unpaired) electrons. The summed E-state index contributed by atoms with van der Waals surface area (Å²) in [6.07, 6.45) is 0. The zero-order chi connectivity index (χ0) is 52.2. The molecule has 0 saturated carbocycles. The van der Waals surface area contributed by atoms with Gasteiger partial charge in [0.05, 0.1) is 16.4 Å². The molecule has 4 aliphatic rings. The first kappa shape index (κ1) is 43.6.